The highest BCUT2D eigenvalue weighted by Crippen LogP contribution is 2.48. The summed E-state index contributed by atoms with van der Waals surface area (Å²) in [6.45, 7) is 0. The summed E-state index contributed by atoms with van der Waals surface area (Å²) in [5.41, 5.74) is 0.0614. The SMILES string of the molecule is Fc1ccc(C2(Nc3ncc(-c4nnc(C(F)(F)F)o4)cn3)CC2)cc1F. The highest BCUT2D eigenvalue weighted by atomic mass is 19.4. The Labute approximate surface area is 148 Å². The average Bonchev–Trinajstić information content (AvgIpc) is 3.21. The third-order valence-electron chi connectivity index (χ3n) is 4.14. The molecule has 0 aliphatic heterocycles. The molecule has 0 radical (unpaired) electrons. The van der Waals surface area contributed by atoms with Crippen LogP contribution in [0.25, 0.3) is 11.5 Å². The van der Waals surface area contributed by atoms with Crippen LogP contribution in [0.3, 0.4) is 0 Å². The third kappa shape index (κ3) is 3.32. The molecule has 0 atom stereocenters. The summed E-state index contributed by atoms with van der Waals surface area (Å²) < 4.78 is 68.6. The molecule has 1 aliphatic rings. The van der Waals surface area contributed by atoms with Crippen LogP contribution in [-0.4, -0.2) is 20.2 Å². The van der Waals surface area contributed by atoms with E-state index in [1.54, 1.807) is 0 Å². The Kier molecular flexibility index (Phi) is 3.82. The fraction of sp³-hybridized carbons (Fsp3) is 0.250. The average molecular weight is 383 g/mol. The number of halogens is 5. The molecule has 2 heterocycles. The zero-order valence-corrected chi connectivity index (χ0v) is 13.4. The number of hydrogen-bond acceptors (Lipinski definition) is 6. The maximum atomic E-state index is 13.5. The quantitative estimate of drug-likeness (QED) is 0.688. The predicted molar refractivity (Wildman–Crippen MR) is 81.2 cm³/mol. The van der Waals surface area contributed by atoms with Gasteiger partial charge in [-0.05, 0) is 30.5 Å². The first-order valence-electron chi connectivity index (χ1n) is 7.74. The molecule has 6 nitrogen and oxygen atoms in total. The maximum absolute atomic E-state index is 13.5. The number of nitrogens with one attached hydrogen (secondary N) is 1. The van der Waals surface area contributed by atoms with E-state index in [0.717, 1.165) is 12.1 Å². The Morgan fingerprint density at radius 3 is 2.26 bits per heavy atom. The Morgan fingerprint density at radius 1 is 1.00 bits per heavy atom. The van der Waals surface area contributed by atoms with Gasteiger partial charge in [-0.15, -0.1) is 10.2 Å². The molecule has 1 aliphatic carbocycles. The minimum atomic E-state index is -4.74. The molecule has 0 spiro atoms. The first-order chi connectivity index (χ1) is 12.8. The first-order valence-corrected chi connectivity index (χ1v) is 7.74. The van der Waals surface area contributed by atoms with Crippen LogP contribution in [0.1, 0.15) is 24.3 Å². The lowest BCUT2D eigenvalue weighted by Gasteiger charge is -2.18. The fourth-order valence-corrected chi connectivity index (χ4v) is 2.58. The highest BCUT2D eigenvalue weighted by Gasteiger charge is 2.45. The molecule has 140 valence electrons. The van der Waals surface area contributed by atoms with Gasteiger partial charge in [-0.1, -0.05) is 6.07 Å². The molecule has 0 saturated heterocycles. The standard InChI is InChI=1S/C16H10F5N5O/c17-10-2-1-9(5-11(10)18)15(3-4-15)24-14-22-6-8(7-23-14)12-25-26-13(27-12)16(19,20)21/h1-2,5-7H,3-4H2,(H,22,23,24). The van der Waals surface area contributed by atoms with Crippen LogP contribution in [0.2, 0.25) is 0 Å². The second-order valence-electron chi connectivity index (χ2n) is 6.04. The van der Waals surface area contributed by atoms with Crippen molar-refractivity contribution in [3.05, 3.63) is 53.7 Å². The number of rotatable bonds is 4. The van der Waals surface area contributed by atoms with Gasteiger partial charge in [0.15, 0.2) is 11.6 Å². The van der Waals surface area contributed by atoms with Crippen molar-refractivity contribution in [3.63, 3.8) is 0 Å². The Balaban J connectivity index is 1.53. The van der Waals surface area contributed by atoms with Crippen LogP contribution in [0, 0.1) is 11.6 Å². The summed E-state index contributed by atoms with van der Waals surface area (Å²) in [7, 11) is 0. The molecule has 11 heteroatoms. The number of aromatic nitrogens is 4. The lowest BCUT2D eigenvalue weighted by molar-refractivity contribution is -0.156. The van der Waals surface area contributed by atoms with Gasteiger partial charge in [0.1, 0.15) is 0 Å². The van der Waals surface area contributed by atoms with E-state index in [4.69, 9.17) is 0 Å². The molecule has 1 saturated carbocycles. The number of alkyl halides is 3. The van der Waals surface area contributed by atoms with Crippen LogP contribution >= 0.6 is 0 Å². The van der Waals surface area contributed by atoms with E-state index in [0.29, 0.717) is 18.4 Å². The van der Waals surface area contributed by atoms with E-state index in [1.807, 2.05) is 0 Å². The summed E-state index contributed by atoms with van der Waals surface area (Å²) in [5.74, 6) is -3.54. The molecule has 1 aromatic carbocycles. The molecule has 0 unspecified atom stereocenters. The van der Waals surface area contributed by atoms with E-state index in [1.165, 1.54) is 18.5 Å². The van der Waals surface area contributed by atoms with Gasteiger partial charge in [-0.2, -0.15) is 13.2 Å². The number of anilines is 1. The third-order valence-corrected chi connectivity index (χ3v) is 4.14. The summed E-state index contributed by atoms with van der Waals surface area (Å²) in [6.07, 6.45) is -0.950. The monoisotopic (exact) mass is 383 g/mol. The van der Waals surface area contributed by atoms with Gasteiger partial charge >= 0.3 is 12.1 Å². The van der Waals surface area contributed by atoms with Crippen LogP contribution < -0.4 is 5.32 Å². The van der Waals surface area contributed by atoms with Crippen molar-refractivity contribution in [2.75, 3.05) is 5.32 Å². The summed E-state index contributed by atoms with van der Waals surface area (Å²) >= 11 is 0. The normalized spacial score (nSPS) is 15.6. The van der Waals surface area contributed by atoms with E-state index in [2.05, 4.69) is 29.9 Å². The second kappa shape index (κ2) is 5.96. The predicted octanol–water partition coefficient (Wildman–Crippen LogP) is 3.92. The van der Waals surface area contributed by atoms with E-state index < -0.39 is 29.2 Å². The summed E-state index contributed by atoms with van der Waals surface area (Å²) in [6, 6.07) is 3.63. The van der Waals surface area contributed by atoms with Crippen LogP contribution in [0.4, 0.5) is 27.9 Å². The van der Waals surface area contributed by atoms with Crippen LogP contribution in [0.5, 0.6) is 0 Å². The van der Waals surface area contributed by atoms with Gasteiger partial charge < -0.3 is 9.73 Å². The second-order valence-corrected chi connectivity index (χ2v) is 6.04. The molecule has 0 bridgehead atoms. The topological polar surface area (TPSA) is 76.7 Å². The lowest BCUT2D eigenvalue weighted by Crippen LogP contribution is -2.20. The number of hydrogen-bond donors (Lipinski definition) is 1. The minimum absolute atomic E-state index is 0.112. The zero-order chi connectivity index (χ0) is 19.2. The van der Waals surface area contributed by atoms with Gasteiger partial charge in [0, 0.05) is 12.4 Å². The van der Waals surface area contributed by atoms with Gasteiger partial charge in [0.2, 0.25) is 5.95 Å². The van der Waals surface area contributed by atoms with Crippen molar-refractivity contribution in [2.24, 2.45) is 0 Å². The molecular weight excluding hydrogens is 373 g/mol. The smallest absolute Gasteiger partial charge is 0.413 e. The summed E-state index contributed by atoms with van der Waals surface area (Å²) in [5, 5.41) is 9.29. The lowest BCUT2D eigenvalue weighted by atomic mass is 10.0. The van der Waals surface area contributed by atoms with Crippen molar-refractivity contribution in [1.82, 2.24) is 20.2 Å². The molecule has 1 N–H and O–H groups in total. The minimum Gasteiger partial charge on any atom is -0.413 e. The zero-order valence-electron chi connectivity index (χ0n) is 13.4. The first kappa shape index (κ1) is 17.3. The number of nitrogens with zero attached hydrogens (tertiary/aromatic N) is 4. The summed E-state index contributed by atoms with van der Waals surface area (Å²) in [4.78, 5) is 8.04. The highest BCUT2D eigenvalue weighted by molar-refractivity contribution is 5.51. The van der Waals surface area contributed by atoms with E-state index >= 15 is 0 Å². The van der Waals surface area contributed by atoms with Crippen molar-refractivity contribution in [1.29, 1.82) is 0 Å². The molecule has 27 heavy (non-hydrogen) atoms. The van der Waals surface area contributed by atoms with Crippen LogP contribution in [0.15, 0.2) is 35.0 Å². The van der Waals surface area contributed by atoms with Gasteiger partial charge in [0.05, 0.1) is 11.1 Å². The molecule has 0 amide bonds. The molecular formula is C16H10F5N5O. The van der Waals surface area contributed by atoms with Crippen molar-refractivity contribution >= 4 is 5.95 Å². The van der Waals surface area contributed by atoms with Crippen molar-refractivity contribution in [2.45, 2.75) is 24.6 Å². The largest absolute Gasteiger partial charge is 0.470 e. The van der Waals surface area contributed by atoms with Gasteiger partial charge in [-0.25, -0.2) is 18.7 Å². The van der Waals surface area contributed by atoms with Crippen molar-refractivity contribution in [3.8, 4) is 11.5 Å². The maximum Gasteiger partial charge on any atom is 0.470 e. The van der Waals surface area contributed by atoms with Gasteiger partial charge in [0.25, 0.3) is 5.89 Å². The van der Waals surface area contributed by atoms with E-state index in [9.17, 15) is 22.0 Å². The molecule has 3 aromatic rings. The molecule has 2 aromatic heterocycles. The number of benzene rings is 1. The fourth-order valence-electron chi connectivity index (χ4n) is 2.58. The molecule has 4 rings (SSSR count). The van der Waals surface area contributed by atoms with Crippen molar-refractivity contribution < 1.29 is 26.4 Å². The Morgan fingerprint density at radius 2 is 1.70 bits per heavy atom. The van der Waals surface area contributed by atoms with Crippen LogP contribution in [-0.2, 0) is 11.7 Å². The van der Waals surface area contributed by atoms with Gasteiger partial charge in [-0.3, -0.25) is 0 Å². The Hall–Kier alpha value is -3.11. The Bertz CT molecular complexity index is 982. The molecule has 1 fully saturated rings. The van der Waals surface area contributed by atoms with E-state index in [-0.39, 0.29) is 17.4 Å².